The highest BCUT2D eigenvalue weighted by molar-refractivity contribution is 6.10. The van der Waals surface area contributed by atoms with Crippen LogP contribution >= 0.6 is 0 Å². The fourth-order valence-corrected chi connectivity index (χ4v) is 10.0. The van der Waals surface area contributed by atoms with Gasteiger partial charge in [0.25, 0.3) is 0 Å². The average Bonchev–Trinajstić information content (AvgIpc) is 3.82. The third kappa shape index (κ3) is 5.59. The number of benzene rings is 6. The zero-order valence-corrected chi connectivity index (χ0v) is 32.3. The summed E-state index contributed by atoms with van der Waals surface area (Å²) < 4.78 is 11.5. The molecule has 8 aromatic rings. The Morgan fingerprint density at radius 2 is 0.963 bits per heavy atom. The van der Waals surface area contributed by atoms with Crippen molar-refractivity contribution >= 4 is 43.6 Å². The third-order valence-corrected chi connectivity index (χ3v) is 12.8. The number of nitrogens with zero attached hydrogens (tertiary/aromatic N) is 2. The molecule has 0 saturated heterocycles. The van der Waals surface area contributed by atoms with Gasteiger partial charge in [0.1, 0.15) is 0 Å². The van der Waals surface area contributed by atoms with Crippen LogP contribution in [0.2, 0.25) is 0 Å². The highest BCUT2D eigenvalue weighted by atomic mass is 16.5. The highest BCUT2D eigenvalue weighted by Gasteiger charge is 2.40. The maximum absolute atomic E-state index is 6.55. The second-order valence-corrected chi connectivity index (χ2v) is 15.8. The first-order valence-corrected chi connectivity index (χ1v) is 20.4. The van der Waals surface area contributed by atoms with Gasteiger partial charge in [-0.05, 0) is 95.5 Å². The number of hydrogen-bond donors (Lipinski definition) is 0. The normalized spacial score (nSPS) is 14.6. The van der Waals surface area contributed by atoms with Crippen molar-refractivity contribution in [1.82, 2.24) is 9.13 Å². The van der Waals surface area contributed by atoms with Gasteiger partial charge in [0.2, 0.25) is 0 Å². The molecular formula is C51H52N2O. The fourth-order valence-electron chi connectivity index (χ4n) is 10.0. The van der Waals surface area contributed by atoms with E-state index in [1.165, 1.54) is 103 Å². The molecule has 0 amide bonds. The smallest absolute Gasteiger partial charge is 0.0541 e. The predicted molar refractivity (Wildman–Crippen MR) is 230 cm³/mol. The quantitative estimate of drug-likeness (QED) is 0.109. The second-order valence-electron chi connectivity index (χ2n) is 15.8. The lowest BCUT2D eigenvalue weighted by atomic mass is 9.76. The second kappa shape index (κ2) is 14.3. The summed E-state index contributed by atoms with van der Waals surface area (Å²) in [4.78, 5) is 0. The third-order valence-electron chi connectivity index (χ3n) is 12.8. The molecule has 272 valence electrons. The van der Waals surface area contributed by atoms with Crippen LogP contribution in [0.3, 0.4) is 0 Å². The van der Waals surface area contributed by atoms with Crippen LogP contribution in [-0.4, -0.2) is 22.3 Å². The number of rotatable bonds is 13. The Hall–Kier alpha value is -5.12. The van der Waals surface area contributed by atoms with Crippen LogP contribution in [0.1, 0.15) is 77.3 Å². The van der Waals surface area contributed by atoms with Crippen molar-refractivity contribution in [3.63, 3.8) is 0 Å². The average molecular weight is 709 g/mol. The first-order chi connectivity index (χ1) is 26.6. The minimum Gasteiger partial charge on any atom is -0.381 e. The van der Waals surface area contributed by atoms with Gasteiger partial charge in [-0.25, -0.2) is 0 Å². The summed E-state index contributed by atoms with van der Waals surface area (Å²) in [5.74, 6) is 1.39. The SMILES string of the molecule is CCCC(CC)C(CC)COCCCC1(C)c2cc(-n3c4ccccc4c4ccccc43)ccc2-c2ccc(-n3c4ccccc4c4ccccc43)cc21. The molecule has 0 spiro atoms. The molecule has 2 aromatic heterocycles. The lowest BCUT2D eigenvalue weighted by Crippen LogP contribution is -2.23. The molecule has 2 unspecified atom stereocenters. The lowest BCUT2D eigenvalue weighted by Gasteiger charge is -2.29. The first kappa shape index (κ1) is 34.6. The Morgan fingerprint density at radius 1 is 0.537 bits per heavy atom. The van der Waals surface area contributed by atoms with Gasteiger partial charge in [-0.15, -0.1) is 0 Å². The Kier molecular flexibility index (Phi) is 9.15. The van der Waals surface area contributed by atoms with Gasteiger partial charge in [0.05, 0.1) is 22.1 Å². The molecule has 0 radical (unpaired) electrons. The van der Waals surface area contributed by atoms with Crippen LogP contribution in [0.5, 0.6) is 0 Å². The van der Waals surface area contributed by atoms with Crippen LogP contribution in [0.15, 0.2) is 133 Å². The molecule has 6 aromatic carbocycles. The Bertz CT molecular complexity index is 2350. The summed E-state index contributed by atoms with van der Waals surface area (Å²) in [7, 11) is 0. The number of hydrogen-bond acceptors (Lipinski definition) is 1. The number of ether oxygens (including phenoxy) is 1. The van der Waals surface area contributed by atoms with Crippen molar-refractivity contribution < 1.29 is 4.74 Å². The van der Waals surface area contributed by atoms with E-state index in [0.717, 1.165) is 32.0 Å². The van der Waals surface area contributed by atoms with E-state index in [1.54, 1.807) is 0 Å². The van der Waals surface area contributed by atoms with Crippen molar-refractivity contribution in [3.05, 3.63) is 145 Å². The van der Waals surface area contributed by atoms with Gasteiger partial charge >= 0.3 is 0 Å². The maximum Gasteiger partial charge on any atom is 0.0541 e. The standard InChI is InChI=1S/C51H52N2O/c1-5-17-35(6-2)36(7-3)34-54-31-16-30-51(4)45-32-37(52-47-22-12-8-18-41(47)42-19-9-13-23-48(42)52)26-28-39(45)40-29-27-38(33-46(40)51)53-49-24-14-10-20-43(49)44-21-11-15-25-50(44)53/h8-15,18-29,32-33,35-36H,5-7,16-17,30-31,34H2,1-4H3. The molecule has 0 bridgehead atoms. The monoisotopic (exact) mass is 708 g/mol. The van der Waals surface area contributed by atoms with Crippen molar-refractivity contribution in [2.75, 3.05) is 13.2 Å². The highest BCUT2D eigenvalue weighted by Crippen LogP contribution is 2.53. The topological polar surface area (TPSA) is 19.1 Å². The molecule has 3 heteroatoms. The van der Waals surface area contributed by atoms with Gasteiger partial charge < -0.3 is 13.9 Å². The molecule has 0 N–H and O–H groups in total. The van der Waals surface area contributed by atoms with Gasteiger partial charge in [-0.2, -0.15) is 0 Å². The minimum atomic E-state index is -0.185. The van der Waals surface area contributed by atoms with E-state index in [4.69, 9.17) is 4.74 Å². The number of aromatic nitrogens is 2. The summed E-state index contributed by atoms with van der Waals surface area (Å²) >= 11 is 0. The molecular weight excluding hydrogens is 657 g/mol. The zero-order valence-electron chi connectivity index (χ0n) is 32.3. The largest absolute Gasteiger partial charge is 0.381 e. The molecule has 9 rings (SSSR count). The molecule has 0 saturated carbocycles. The molecule has 0 fully saturated rings. The number of fused-ring (bicyclic) bond motifs is 9. The molecule has 3 nitrogen and oxygen atoms in total. The Labute approximate surface area is 320 Å². The Balaban J connectivity index is 1.13. The van der Waals surface area contributed by atoms with Gasteiger partial charge in [-0.1, -0.05) is 138 Å². The minimum absolute atomic E-state index is 0.185. The van der Waals surface area contributed by atoms with Crippen LogP contribution in [0, 0.1) is 11.8 Å². The summed E-state index contributed by atoms with van der Waals surface area (Å²) in [6.07, 6.45) is 7.00. The molecule has 54 heavy (non-hydrogen) atoms. The van der Waals surface area contributed by atoms with Gasteiger partial charge in [-0.3, -0.25) is 0 Å². The first-order valence-electron chi connectivity index (χ1n) is 20.4. The summed E-state index contributed by atoms with van der Waals surface area (Å²) in [6, 6.07) is 49.8. The fraction of sp³-hybridized carbons (Fsp3) is 0.294. The van der Waals surface area contributed by atoms with Crippen LogP contribution in [0.4, 0.5) is 0 Å². The van der Waals surface area contributed by atoms with Crippen LogP contribution in [0.25, 0.3) is 66.1 Å². The van der Waals surface area contributed by atoms with Crippen LogP contribution < -0.4 is 0 Å². The van der Waals surface area contributed by atoms with E-state index in [9.17, 15) is 0 Å². The van der Waals surface area contributed by atoms with E-state index < -0.39 is 0 Å². The number of para-hydroxylation sites is 4. The van der Waals surface area contributed by atoms with Crippen molar-refractivity contribution in [3.8, 4) is 22.5 Å². The van der Waals surface area contributed by atoms with Crippen molar-refractivity contribution in [2.24, 2.45) is 11.8 Å². The summed E-state index contributed by atoms with van der Waals surface area (Å²) in [5, 5.41) is 5.17. The lowest BCUT2D eigenvalue weighted by molar-refractivity contribution is 0.0673. The maximum atomic E-state index is 6.55. The van der Waals surface area contributed by atoms with E-state index in [1.807, 2.05) is 0 Å². The molecule has 0 aliphatic heterocycles. The predicted octanol–water partition coefficient (Wildman–Crippen LogP) is 13.8. The molecule has 1 aliphatic carbocycles. The summed E-state index contributed by atoms with van der Waals surface area (Å²) in [6.45, 7) is 11.1. The van der Waals surface area contributed by atoms with E-state index >= 15 is 0 Å². The van der Waals surface area contributed by atoms with Crippen molar-refractivity contribution in [1.29, 1.82) is 0 Å². The van der Waals surface area contributed by atoms with Crippen LogP contribution in [-0.2, 0) is 10.2 Å². The van der Waals surface area contributed by atoms with E-state index in [2.05, 4.69) is 170 Å². The van der Waals surface area contributed by atoms with Gasteiger partial charge in [0.15, 0.2) is 0 Å². The molecule has 1 aliphatic rings. The zero-order chi connectivity index (χ0) is 36.8. The van der Waals surface area contributed by atoms with Crippen molar-refractivity contribution in [2.45, 2.75) is 71.6 Å². The molecule has 2 heterocycles. The van der Waals surface area contributed by atoms with E-state index in [-0.39, 0.29) is 5.41 Å². The molecule has 2 atom stereocenters. The van der Waals surface area contributed by atoms with E-state index in [0.29, 0.717) is 5.92 Å². The summed E-state index contributed by atoms with van der Waals surface area (Å²) in [5.41, 5.74) is 12.8. The Morgan fingerprint density at radius 3 is 1.37 bits per heavy atom. The van der Waals surface area contributed by atoms with Gasteiger partial charge in [0, 0.05) is 51.5 Å².